The van der Waals surface area contributed by atoms with E-state index >= 15 is 0 Å². The van der Waals surface area contributed by atoms with Gasteiger partial charge in [0.05, 0.1) is 11.9 Å². The van der Waals surface area contributed by atoms with E-state index in [-0.39, 0.29) is 12.5 Å². The van der Waals surface area contributed by atoms with Gasteiger partial charge in [0, 0.05) is 16.3 Å². The van der Waals surface area contributed by atoms with Gasteiger partial charge in [-0.1, -0.05) is 47.5 Å². The molecule has 0 radical (unpaired) electrons. The monoisotopic (exact) mass is 368 g/mol. The number of amides is 1. The van der Waals surface area contributed by atoms with Crippen LogP contribution in [-0.4, -0.2) is 20.7 Å². The fourth-order valence-electron chi connectivity index (χ4n) is 2.34. The number of hydrogen-bond acceptors (Lipinski definition) is 4. The number of nitrogens with zero attached hydrogens (tertiary/aromatic N) is 3. The number of hydrogen-bond donors (Lipinski definition) is 1. The molecule has 1 heterocycles. The van der Waals surface area contributed by atoms with Crippen molar-refractivity contribution in [3.05, 3.63) is 75.3 Å². The summed E-state index contributed by atoms with van der Waals surface area (Å²) in [4.78, 5) is 28.3. The third-order valence-electron chi connectivity index (χ3n) is 3.85. The molecule has 0 bridgehead atoms. The highest BCUT2D eigenvalue weighted by molar-refractivity contribution is 6.31. The SMILES string of the molecule is Cc1ccc(-c2cnn(CC(=O)Nc3ccc(C)c(Cl)c3)c(=O)n2)cc1. The number of aryl methyl sites for hydroxylation is 2. The van der Waals surface area contributed by atoms with Crippen molar-refractivity contribution in [1.29, 1.82) is 0 Å². The number of rotatable bonds is 4. The molecular weight excluding hydrogens is 352 g/mol. The lowest BCUT2D eigenvalue weighted by Gasteiger charge is -2.08. The van der Waals surface area contributed by atoms with Crippen molar-refractivity contribution >= 4 is 23.2 Å². The summed E-state index contributed by atoms with van der Waals surface area (Å²) in [6, 6.07) is 12.8. The van der Waals surface area contributed by atoms with Crippen LogP contribution in [0, 0.1) is 13.8 Å². The van der Waals surface area contributed by atoms with Crippen molar-refractivity contribution in [2.24, 2.45) is 0 Å². The second-order valence-electron chi connectivity index (χ2n) is 5.96. The smallest absolute Gasteiger partial charge is 0.324 e. The summed E-state index contributed by atoms with van der Waals surface area (Å²) in [7, 11) is 0. The van der Waals surface area contributed by atoms with Crippen LogP contribution in [0.1, 0.15) is 11.1 Å². The quantitative estimate of drug-likeness (QED) is 0.767. The maximum Gasteiger partial charge on any atom is 0.365 e. The lowest BCUT2D eigenvalue weighted by molar-refractivity contribution is -0.117. The standard InChI is InChI=1S/C19H17ClN4O2/c1-12-3-6-14(7-4-12)17-10-21-24(19(26)23-17)11-18(25)22-15-8-5-13(2)16(20)9-15/h3-10H,11H2,1-2H3,(H,22,25). The van der Waals surface area contributed by atoms with Crippen LogP contribution in [0.4, 0.5) is 5.69 Å². The predicted octanol–water partition coefficient (Wildman–Crippen LogP) is 3.21. The van der Waals surface area contributed by atoms with Crippen molar-refractivity contribution < 1.29 is 4.79 Å². The van der Waals surface area contributed by atoms with Gasteiger partial charge in [-0.15, -0.1) is 0 Å². The fourth-order valence-corrected chi connectivity index (χ4v) is 2.52. The van der Waals surface area contributed by atoms with E-state index < -0.39 is 5.69 Å². The molecule has 132 valence electrons. The number of halogens is 1. The van der Waals surface area contributed by atoms with Gasteiger partial charge in [0.2, 0.25) is 5.91 Å². The van der Waals surface area contributed by atoms with E-state index in [0.717, 1.165) is 21.4 Å². The largest absolute Gasteiger partial charge is 0.365 e. The molecule has 0 unspecified atom stereocenters. The summed E-state index contributed by atoms with van der Waals surface area (Å²) in [5, 5.41) is 7.29. The molecule has 0 fully saturated rings. The van der Waals surface area contributed by atoms with Crippen LogP contribution in [0.2, 0.25) is 5.02 Å². The molecule has 0 aliphatic rings. The number of benzene rings is 2. The van der Waals surface area contributed by atoms with Crippen LogP contribution in [-0.2, 0) is 11.3 Å². The number of anilines is 1. The Morgan fingerprint density at radius 3 is 2.54 bits per heavy atom. The first-order chi connectivity index (χ1) is 12.4. The average molecular weight is 369 g/mol. The third kappa shape index (κ3) is 4.15. The van der Waals surface area contributed by atoms with Gasteiger partial charge in [-0.25, -0.2) is 9.48 Å². The van der Waals surface area contributed by atoms with E-state index in [1.807, 2.05) is 38.1 Å². The van der Waals surface area contributed by atoms with Crippen LogP contribution >= 0.6 is 11.6 Å². The third-order valence-corrected chi connectivity index (χ3v) is 4.26. The molecule has 0 aliphatic carbocycles. The highest BCUT2D eigenvalue weighted by Gasteiger charge is 2.09. The molecule has 26 heavy (non-hydrogen) atoms. The second-order valence-corrected chi connectivity index (χ2v) is 6.37. The Hall–Kier alpha value is -2.99. The minimum absolute atomic E-state index is 0.231. The lowest BCUT2D eigenvalue weighted by Crippen LogP contribution is -2.31. The van der Waals surface area contributed by atoms with Gasteiger partial charge >= 0.3 is 5.69 Å². The Balaban J connectivity index is 1.73. The van der Waals surface area contributed by atoms with Gasteiger partial charge in [-0.05, 0) is 31.5 Å². The summed E-state index contributed by atoms with van der Waals surface area (Å²) in [5.41, 5.74) is 3.27. The molecule has 3 aromatic rings. The Bertz CT molecular complexity index is 1010. The molecule has 0 spiro atoms. The number of aromatic nitrogens is 3. The van der Waals surface area contributed by atoms with Gasteiger partial charge in [0.15, 0.2) is 0 Å². The predicted molar refractivity (Wildman–Crippen MR) is 101 cm³/mol. The molecule has 0 saturated carbocycles. The van der Waals surface area contributed by atoms with Crippen LogP contribution in [0.15, 0.2) is 53.5 Å². The molecule has 1 N–H and O–H groups in total. The van der Waals surface area contributed by atoms with Crippen LogP contribution in [0.5, 0.6) is 0 Å². The van der Waals surface area contributed by atoms with Gasteiger partial charge < -0.3 is 5.32 Å². The molecule has 6 nitrogen and oxygen atoms in total. The zero-order valence-corrected chi connectivity index (χ0v) is 15.1. The Labute approximate surface area is 155 Å². The molecule has 3 rings (SSSR count). The van der Waals surface area contributed by atoms with E-state index in [0.29, 0.717) is 16.4 Å². The number of carbonyl (C=O) groups is 1. The molecule has 7 heteroatoms. The number of nitrogens with one attached hydrogen (secondary N) is 1. The lowest BCUT2D eigenvalue weighted by atomic mass is 10.1. The zero-order chi connectivity index (χ0) is 18.7. The summed E-state index contributed by atoms with van der Waals surface area (Å²) in [5.74, 6) is -0.385. The van der Waals surface area contributed by atoms with E-state index in [1.54, 1.807) is 18.2 Å². The first kappa shape index (κ1) is 17.8. The highest BCUT2D eigenvalue weighted by Crippen LogP contribution is 2.20. The van der Waals surface area contributed by atoms with Crippen LogP contribution in [0.25, 0.3) is 11.3 Å². The maximum absolute atomic E-state index is 12.2. The first-order valence-corrected chi connectivity index (χ1v) is 8.37. The first-order valence-electron chi connectivity index (χ1n) is 7.99. The van der Waals surface area contributed by atoms with E-state index in [1.165, 1.54) is 6.20 Å². The molecule has 1 aromatic heterocycles. The molecule has 2 aromatic carbocycles. The van der Waals surface area contributed by atoms with E-state index in [4.69, 9.17) is 11.6 Å². The minimum Gasteiger partial charge on any atom is -0.324 e. The van der Waals surface area contributed by atoms with Crippen molar-refractivity contribution in [1.82, 2.24) is 14.8 Å². The van der Waals surface area contributed by atoms with Crippen LogP contribution in [0.3, 0.4) is 0 Å². The molecule has 0 saturated heterocycles. The maximum atomic E-state index is 12.2. The number of carbonyl (C=O) groups excluding carboxylic acids is 1. The van der Waals surface area contributed by atoms with Crippen LogP contribution < -0.4 is 11.0 Å². The molecule has 0 atom stereocenters. The van der Waals surface area contributed by atoms with E-state index in [9.17, 15) is 9.59 Å². The normalized spacial score (nSPS) is 10.6. The summed E-state index contributed by atoms with van der Waals surface area (Å²) >= 11 is 6.04. The Morgan fingerprint density at radius 2 is 1.88 bits per heavy atom. The molecule has 0 aliphatic heterocycles. The zero-order valence-electron chi connectivity index (χ0n) is 14.4. The second kappa shape index (κ2) is 7.49. The molecule has 1 amide bonds. The van der Waals surface area contributed by atoms with Crippen molar-refractivity contribution in [2.75, 3.05) is 5.32 Å². The highest BCUT2D eigenvalue weighted by atomic mass is 35.5. The Morgan fingerprint density at radius 1 is 1.15 bits per heavy atom. The van der Waals surface area contributed by atoms with E-state index in [2.05, 4.69) is 15.4 Å². The van der Waals surface area contributed by atoms with Gasteiger partial charge in [-0.3, -0.25) is 4.79 Å². The minimum atomic E-state index is -0.583. The summed E-state index contributed by atoms with van der Waals surface area (Å²) in [6.45, 7) is 3.62. The van der Waals surface area contributed by atoms with Crippen molar-refractivity contribution in [2.45, 2.75) is 20.4 Å². The molecular formula is C19H17ClN4O2. The van der Waals surface area contributed by atoms with Gasteiger partial charge in [0.1, 0.15) is 6.54 Å². The Kier molecular flexibility index (Phi) is 5.14. The fraction of sp³-hybridized carbons (Fsp3) is 0.158. The average Bonchev–Trinajstić information content (AvgIpc) is 2.60. The summed E-state index contributed by atoms with van der Waals surface area (Å²) < 4.78 is 1.02. The summed E-state index contributed by atoms with van der Waals surface area (Å²) in [6.07, 6.45) is 1.47. The van der Waals surface area contributed by atoms with Crippen molar-refractivity contribution in [3.63, 3.8) is 0 Å². The van der Waals surface area contributed by atoms with Gasteiger partial charge in [-0.2, -0.15) is 10.1 Å². The van der Waals surface area contributed by atoms with Gasteiger partial charge in [0.25, 0.3) is 0 Å². The topological polar surface area (TPSA) is 76.9 Å². The van der Waals surface area contributed by atoms with Crippen molar-refractivity contribution in [3.8, 4) is 11.3 Å².